The summed E-state index contributed by atoms with van der Waals surface area (Å²) < 4.78 is 0. The second-order valence-electron chi connectivity index (χ2n) is 1.78. The van der Waals surface area contributed by atoms with Gasteiger partial charge in [-0.05, 0) is 0 Å². The first-order chi connectivity index (χ1) is 3.80. The summed E-state index contributed by atoms with van der Waals surface area (Å²) in [7, 11) is 0. The molecule has 0 amide bonds. The van der Waals surface area contributed by atoms with Crippen molar-refractivity contribution in [3.8, 4) is 0 Å². The van der Waals surface area contributed by atoms with E-state index in [1.807, 2.05) is 25.1 Å². The molecule has 0 saturated carbocycles. The number of hydrogen-bond donors (Lipinski definition) is 1. The van der Waals surface area contributed by atoms with Crippen LogP contribution in [0.3, 0.4) is 0 Å². The molecule has 0 aliphatic carbocycles. The summed E-state index contributed by atoms with van der Waals surface area (Å²) in [6.45, 7) is 1.96. The minimum absolute atomic E-state index is 0. The molecule has 0 aliphatic rings. The first kappa shape index (κ1) is 9.02. The van der Waals surface area contributed by atoms with Gasteiger partial charge < -0.3 is 5.73 Å². The van der Waals surface area contributed by atoms with E-state index >= 15 is 0 Å². The molecule has 0 aromatic heterocycles. The molecule has 1 aromatic carbocycles. The number of aryl methyl sites for hydroxylation is 1. The fraction of sp³-hybridized carbons (Fsp3) is 0.143. The van der Waals surface area contributed by atoms with Gasteiger partial charge in [0.05, 0.1) is 0 Å². The smallest absolute Gasteiger partial charge is 0.419 e. The molecule has 0 unspecified atom stereocenters. The summed E-state index contributed by atoms with van der Waals surface area (Å²) in [4.78, 5) is 0. The molecule has 0 spiro atoms. The maximum absolute atomic E-state index is 5.50. The van der Waals surface area contributed by atoms with Gasteiger partial charge in [-0.15, -0.1) is 11.6 Å². The molecule has 0 bridgehead atoms. The van der Waals surface area contributed by atoms with E-state index in [2.05, 4.69) is 6.07 Å². The fourth-order valence-corrected chi connectivity index (χ4v) is 0.526. The molecule has 0 saturated heterocycles. The predicted molar refractivity (Wildman–Crippen MR) is 34.4 cm³/mol. The van der Waals surface area contributed by atoms with Crippen LogP contribution in [0.5, 0.6) is 0 Å². The maximum atomic E-state index is 5.50. The number of rotatable bonds is 0. The summed E-state index contributed by atoms with van der Waals surface area (Å²) in [5, 5.41) is 0. The number of benzene rings is 1. The van der Waals surface area contributed by atoms with E-state index in [-0.39, 0.29) is 29.6 Å². The van der Waals surface area contributed by atoms with Gasteiger partial charge in [-0.3, -0.25) is 0 Å². The van der Waals surface area contributed by atoms with E-state index in [1.165, 1.54) is 0 Å². The molecule has 1 aromatic rings. The standard InChI is InChI=1S/C7H8N.Na/c1-6-4-2-3-5-7(6)8;/h3-5H,8H2,1H3;/q-1;+1. The Morgan fingerprint density at radius 3 is 2.56 bits per heavy atom. The molecule has 1 nitrogen and oxygen atoms in total. The zero-order valence-electron chi connectivity index (χ0n) is 5.81. The summed E-state index contributed by atoms with van der Waals surface area (Å²) in [6, 6.07) is 8.44. The third kappa shape index (κ3) is 2.39. The third-order valence-electron chi connectivity index (χ3n) is 1.11. The largest absolute Gasteiger partial charge is 1.00 e. The topological polar surface area (TPSA) is 26.0 Å². The van der Waals surface area contributed by atoms with Gasteiger partial charge in [0, 0.05) is 0 Å². The number of nitrogen functional groups attached to an aromatic ring is 1. The Balaban J connectivity index is 0.000000640. The van der Waals surface area contributed by atoms with Crippen LogP contribution in [0, 0.1) is 13.0 Å². The summed E-state index contributed by atoms with van der Waals surface area (Å²) >= 11 is 0. The van der Waals surface area contributed by atoms with Crippen LogP contribution >= 0.6 is 0 Å². The summed E-state index contributed by atoms with van der Waals surface area (Å²) in [5.74, 6) is 0. The Labute approximate surface area is 77.5 Å². The summed E-state index contributed by atoms with van der Waals surface area (Å²) in [6.07, 6.45) is 0. The molecule has 1 rings (SSSR count). The van der Waals surface area contributed by atoms with Crippen molar-refractivity contribution in [3.05, 3.63) is 29.8 Å². The molecule has 0 aliphatic heterocycles. The molecule has 0 fully saturated rings. The Morgan fingerprint density at radius 1 is 1.56 bits per heavy atom. The maximum Gasteiger partial charge on any atom is 1.00 e. The van der Waals surface area contributed by atoms with Gasteiger partial charge in [0.25, 0.3) is 0 Å². The minimum Gasteiger partial charge on any atom is -0.419 e. The van der Waals surface area contributed by atoms with E-state index in [0.717, 1.165) is 11.3 Å². The van der Waals surface area contributed by atoms with Crippen molar-refractivity contribution in [1.29, 1.82) is 0 Å². The van der Waals surface area contributed by atoms with Crippen LogP contribution in [0.15, 0.2) is 18.2 Å². The predicted octanol–water partition coefficient (Wildman–Crippen LogP) is -1.62. The van der Waals surface area contributed by atoms with Gasteiger partial charge in [-0.25, -0.2) is 0 Å². The first-order valence-electron chi connectivity index (χ1n) is 2.53. The van der Waals surface area contributed by atoms with Crippen molar-refractivity contribution >= 4 is 5.69 Å². The van der Waals surface area contributed by atoms with Crippen LogP contribution in [-0.2, 0) is 0 Å². The third-order valence-corrected chi connectivity index (χ3v) is 1.11. The van der Waals surface area contributed by atoms with Gasteiger partial charge in [0.1, 0.15) is 0 Å². The van der Waals surface area contributed by atoms with Crippen LogP contribution in [0.4, 0.5) is 5.69 Å². The van der Waals surface area contributed by atoms with Gasteiger partial charge >= 0.3 is 29.6 Å². The van der Waals surface area contributed by atoms with Crippen molar-refractivity contribution in [2.45, 2.75) is 6.92 Å². The number of nitrogens with two attached hydrogens (primary N) is 1. The molecule has 0 radical (unpaired) electrons. The van der Waals surface area contributed by atoms with E-state index in [1.54, 1.807) is 0 Å². The van der Waals surface area contributed by atoms with Crippen molar-refractivity contribution < 1.29 is 29.6 Å². The second kappa shape index (κ2) is 3.94. The minimum atomic E-state index is 0. The average molecular weight is 129 g/mol. The Hall–Kier alpha value is 0.0200. The van der Waals surface area contributed by atoms with Crippen molar-refractivity contribution in [1.82, 2.24) is 0 Å². The number of hydrogen-bond acceptors (Lipinski definition) is 1. The van der Waals surface area contributed by atoms with Crippen LogP contribution in [0.2, 0.25) is 0 Å². The van der Waals surface area contributed by atoms with Crippen molar-refractivity contribution in [2.24, 2.45) is 0 Å². The second-order valence-corrected chi connectivity index (χ2v) is 1.78. The van der Waals surface area contributed by atoms with E-state index in [9.17, 15) is 0 Å². The van der Waals surface area contributed by atoms with Gasteiger partial charge in [0.15, 0.2) is 0 Å². The SMILES string of the molecule is Cc1c[c-]ccc1N.[Na+]. The quantitative estimate of drug-likeness (QED) is 0.254. The number of anilines is 1. The molecule has 42 valence electrons. The van der Waals surface area contributed by atoms with E-state index in [0.29, 0.717) is 0 Å². The molecule has 2 heteroatoms. The van der Waals surface area contributed by atoms with E-state index < -0.39 is 0 Å². The van der Waals surface area contributed by atoms with Crippen molar-refractivity contribution in [2.75, 3.05) is 5.73 Å². The van der Waals surface area contributed by atoms with E-state index in [4.69, 9.17) is 5.73 Å². The van der Waals surface area contributed by atoms with Crippen LogP contribution < -0.4 is 35.3 Å². The molecular weight excluding hydrogens is 121 g/mol. The fourth-order valence-electron chi connectivity index (χ4n) is 0.526. The zero-order valence-corrected chi connectivity index (χ0v) is 7.81. The monoisotopic (exact) mass is 129 g/mol. The van der Waals surface area contributed by atoms with Gasteiger partial charge in [-0.2, -0.15) is 18.2 Å². The van der Waals surface area contributed by atoms with Gasteiger partial charge in [0.2, 0.25) is 0 Å². The molecule has 0 atom stereocenters. The molecular formula is C7H8NNa. The molecule has 9 heavy (non-hydrogen) atoms. The normalized spacial score (nSPS) is 8.11. The van der Waals surface area contributed by atoms with Crippen LogP contribution in [0.1, 0.15) is 5.56 Å². The van der Waals surface area contributed by atoms with Crippen LogP contribution in [-0.4, -0.2) is 0 Å². The average Bonchev–Trinajstić information content (AvgIpc) is 1.77. The van der Waals surface area contributed by atoms with Crippen molar-refractivity contribution in [3.63, 3.8) is 0 Å². The molecule has 2 N–H and O–H groups in total. The van der Waals surface area contributed by atoms with Crippen LogP contribution in [0.25, 0.3) is 0 Å². The Kier molecular flexibility index (Phi) is 3.95. The summed E-state index contributed by atoms with van der Waals surface area (Å²) in [5.41, 5.74) is 7.43. The Morgan fingerprint density at radius 2 is 2.22 bits per heavy atom. The molecule has 0 heterocycles. The zero-order chi connectivity index (χ0) is 5.98. The van der Waals surface area contributed by atoms with Gasteiger partial charge in [-0.1, -0.05) is 12.6 Å². The Bertz CT molecular complexity index is 165. The first-order valence-corrected chi connectivity index (χ1v) is 2.53.